The molecular formula is C15H19Cl2N. The fraction of sp³-hybridized carbons (Fsp3) is 0.467. The first-order valence-electron chi connectivity index (χ1n) is 6.51. The molecule has 0 amide bonds. The molecule has 1 aliphatic carbocycles. The maximum Gasteiger partial charge on any atom is 0.0595 e. The average molecular weight is 284 g/mol. The van der Waals surface area contributed by atoms with Gasteiger partial charge in [-0.25, -0.2) is 0 Å². The van der Waals surface area contributed by atoms with Crippen molar-refractivity contribution < 1.29 is 0 Å². The van der Waals surface area contributed by atoms with E-state index in [-0.39, 0.29) is 0 Å². The van der Waals surface area contributed by atoms with E-state index in [1.807, 2.05) is 19.2 Å². The Hall–Kier alpha value is -0.500. The third-order valence-corrected chi connectivity index (χ3v) is 4.29. The van der Waals surface area contributed by atoms with Crippen molar-refractivity contribution in [3.8, 4) is 0 Å². The molecular weight excluding hydrogens is 265 g/mol. The van der Waals surface area contributed by atoms with Gasteiger partial charge in [-0.2, -0.15) is 0 Å². The van der Waals surface area contributed by atoms with Crippen LogP contribution in [0, 0.1) is 0 Å². The van der Waals surface area contributed by atoms with Crippen LogP contribution in [0.2, 0.25) is 10.0 Å². The van der Waals surface area contributed by atoms with Crippen LogP contribution in [-0.4, -0.2) is 13.1 Å². The molecule has 1 nitrogen and oxygen atoms in total. The second-order valence-corrected chi connectivity index (χ2v) is 5.63. The molecule has 3 heteroatoms. The zero-order valence-corrected chi connectivity index (χ0v) is 12.2. The smallest absolute Gasteiger partial charge is 0.0595 e. The van der Waals surface area contributed by atoms with E-state index in [2.05, 4.69) is 17.5 Å². The molecule has 1 aliphatic rings. The van der Waals surface area contributed by atoms with Crippen LogP contribution >= 0.6 is 23.2 Å². The molecule has 1 N–H and O–H groups in total. The van der Waals surface area contributed by atoms with Crippen molar-refractivity contribution in [2.75, 3.05) is 7.05 Å². The van der Waals surface area contributed by atoms with Crippen molar-refractivity contribution in [2.24, 2.45) is 0 Å². The van der Waals surface area contributed by atoms with Crippen LogP contribution in [0.4, 0.5) is 0 Å². The van der Waals surface area contributed by atoms with Crippen LogP contribution < -0.4 is 5.32 Å². The van der Waals surface area contributed by atoms with Gasteiger partial charge in [-0.15, -0.1) is 0 Å². The Morgan fingerprint density at radius 2 is 2.06 bits per heavy atom. The summed E-state index contributed by atoms with van der Waals surface area (Å²) in [5.74, 6) is 0. The summed E-state index contributed by atoms with van der Waals surface area (Å²) in [6, 6.07) is 6.32. The Bertz CT molecular complexity index is 440. The summed E-state index contributed by atoms with van der Waals surface area (Å²) in [5, 5.41) is 4.67. The number of hydrogen-bond acceptors (Lipinski definition) is 1. The van der Waals surface area contributed by atoms with Gasteiger partial charge < -0.3 is 5.32 Å². The second kappa shape index (κ2) is 6.60. The minimum Gasteiger partial charge on any atom is -0.313 e. The number of likely N-dealkylation sites (N-methyl/N-ethyl adjacent to an activating group) is 1. The van der Waals surface area contributed by atoms with Gasteiger partial charge in [0.2, 0.25) is 0 Å². The molecule has 1 atom stereocenters. The number of allylic oxidation sites excluding steroid dienone is 1. The summed E-state index contributed by atoms with van der Waals surface area (Å²) < 4.78 is 0. The topological polar surface area (TPSA) is 12.0 Å². The quantitative estimate of drug-likeness (QED) is 0.795. The SMILES string of the molecule is CNC(Cc1ccc(Cl)c(Cl)c1)C1=CCCCC1. The Morgan fingerprint density at radius 1 is 1.22 bits per heavy atom. The first-order valence-corrected chi connectivity index (χ1v) is 7.26. The third-order valence-electron chi connectivity index (χ3n) is 3.55. The molecule has 1 aromatic carbocycles. The zero-order valence-electron chi connectivity index (χ0n) is 10.7. The highest BCUT2D eigenvalue weighted by Gasteiger charge is 2.15. The summed E-state index contributed by atoms with van der Waals surface area (Å²) in [5.41, 5.74) is 2.77. The Labute approximate surface area is 119 Å². The lowest BCUT2D eigenvalue weighted by Gasteiger charge is -2.23. The van der Waals surface area contributed by atoms with E-state index in [0.717, 1.165) is 6.42 Å². The highest BCUT2D eigenvalue weighted by molar-refractivity contribution is 6.42. The molecule has 1 aromatic rings. The van der Waals surface area contributed by atoms with Gasteiger partial charge in [-0.1, -0.05) is 40.9 Å². The number of rotatable bonds is 4. The fourth-order valence-corrected chi connectivity index (χ4v) is 2.82. The van der Waals surface area contributed by atoms with Crippen molar-refractivity contribution >= 4 is 23.2 Å². The third kappa shape index (κ3) is 3.50. The van der Waals surface area contributed by atoms with Gasteiger partial charge in [-0.3, -0.25) is 0 Å². The van der Waals surface area contributed by atoms with Crippen molar-refractivity contribution in [3.05, 3.63) is 45.5 Å². The molecule has 0 bridgehead atoms. The van der Waals surface area contributed by atoms with Gasteiger partial charge in [0.15, 0.2) is 0 Å². The van der Waals surface area contributed by atoms with Crippen LogP contribution in [-0.2, 0) is 6.42 Å². The van der Waals surface area contributed by atoms with Crippen LogP contribution in [0.3, 0.4) is 0 Å². The molecule has 0 radical (unpaired) electrons. The number of benzene rings is 1. The van der Waals surface area contributed by atoms with Crippen LogP contribution in [0.5, 0.6) is 0 Å². The van der Waals surface area contributed by atoms with Gasteiger partial charge in [0.05, 0.1) is 10.0 Å². The Kier molecular flexibility index (Phi) is 5.11. The highest BCUT2D eigenvalue weighted by atomic mass is 35.5. The van der Waals surface area contributed by atoms with Crippen LogP contribution in [0.1, 0.15) is 31.2 Å². The van der Waals surface area contributed by atoms with Gasteiger partial charge in [0.25, 0.3) is 0 Å². The highest BCUT2D eigenvalue weighted by Crippen LogP contribution is 2.26. The molecule has 0 spiro atoms. The second-order valence-electron chi connectivity index (χ2n) is 4.82. The maximum absolute atomic E-state index is 6.06. The predicted molar refractivity (Wildman–Crippen MR) is 79.6 cm³/mol. The van der Waals surface area contributed by atoms with Gasteiger partial charge in [0, 0.05) is 6.04 Å². The summed E-state index contributed by atoms with van der Waals surface area (Å²) in [7, 11) is 2.03. The molecule has 0 saturated heterocycles. The van der Waals surface area contributed by atoms with E-state index >= 15 is 0 Å². The van der Waals surface area contributed by atoms with Crippen molar-refractivity contribution in [1.29, 1.82) is 0 Å². The molecule has 0 fully saturated rings. The molecule has 1 unspecified atom stereocenters. The number of hydrogen-bond donors (Lipinski definition) is 1. The maximum atomic E-state index is 6.06. The standard InChI is InChI=1S/C15H19Cl2N/c1-18-15(12-5-3-2-4-6-12)10-11-7-8-13(16)14(17)9-11/h5,7-9,15,18H,2-4,6,10H2,1H3. The largest absolute Gasteiger partial charge is 0.313 e. The molecule has 0 aromatic heterocycles. The molecule has 0 saturated carbocycles. The van der Waals surface area contributed by atoms with E-state index in [4.69, 9.17) is 23.2 Å². The summed E-state index contributed by atoms with van der Waals surface area (Å²) in [6.45, 7) is 0. The molecule has 0 heterocycles. The van der Waals surface area contributed by atoms with Crippen molar-refractivity contribution in [2.45, 2.75) is 38.1 Å². The summed E-state index contributed by atoms with van der Waals surface area (Å²) >= 11 is 12.0. The first kappa shape index (κ1) is 13.9. The Morgan fingerprint density at radius 3 is 2.67 bits per heavy atom. The summed E-state index contributed by atoms with van der Waals surface area (Å²) in [6.07, 6.45) is 8.43. The van der Waals surface area contributed by atoms with Gasteiger partial charge >= 0.3 is 0 Å². The minimum atomic E-state index is 0.419. The lowest BCUT2D eigenvalue weighted by molar-refractivity contribution is 0.569. The van der Waals surface area contributed by atoms with Gasteiger partial charge in [-0.05, 0) is 56.8 Å². The molecule has 98 valence electrons. The minimum absolute atomic E-state index is 0.419. The number of halogens is 2. The van der Waals surface area contributed by atoms with Crippen LogP contribution in [0.15, 0.2) is 29.8 Å². The summed E-state index contributed by atoms with van der Waals surface area (Å²) in [4.78, 5) is 0. The normalized spacial score (nSPS) is 17.4. The Balaban J connectivity index is 2.09. The molecule has 18 heavy (non-hydrogen) atoms. The van der Waals surface area contributed by atoms with Gasteiger partial charge in [0.1, 0.15) is 0 Å². The lowest BCUT2D eigenvalue weighted by atomic mass is 9.90. The van der Waals surface area contributed by atoms with E-state index in [0.29, 0.717) is 16.1 Å². The zero-order chi connectivity index (χ0) is 13.0. The van der Waals surface area contributed by atoms with Crippen LogP contribution in [0.25, 0.3) is 0 Å². The monoisotopic (exact) mass is 283 g/mol. The van der Waals surface area contributed by atoms with E-state index in [1.165, 1.54) is 36.8 Å². The van der Waals surface area contributed by atoms with E-state index in [1.54, 1.807) is 0 Å². The predicted octanol–water partition coefficient (Wildman–Crippen LogP) is 4.62. The van der Waals surface area contributed by atoms with Crippen molar-refractivity contribution in [1.82, 2.24) is 5.32 Å². The average Bonchev–Trinajstić information content (AvgIpc) is 2.41. The van der Waals surface area contributed by atoms with E-state index < -0.39 is 0 Å². The molecule has 2 rings (SSSR count). The fourth-order valence-electron chi connectivity index (χ4n) is 2.50. The molecule has 0 aliphatic heterocycles. The van der Waals surface area contributed by atoms with E-state index in [9.17, 15) is 0 Å². The van der Waals surface area contributed by atoms with Crippen molar-refractivity contribution in [3.63, 3.8) is 0 Å². The number of nitrogens with one attached hydrogen (secondary N) is 1. The first-order chi connectivity index (χ1) is 8.70. The lowest BCUT2D eigenvalue weighted by Crippen LogP contribution is -2.30.